The average molecular weight is 465 g/mol. The minimum Gasteiger partial charge on any atom is -0.479 e. The molecule has 2 unspecified atom stereocenters. The van der Waals surface area contributed by atoms with Crippen molar-refractivity contribution in [3.8, 4) is 11.5 Å². The second kappa shape index (κ2) is 10.2. The molecule has 6 nitrogen and oxygen atoms in total. The Kier molecular flexibility index (Phi) is 7.68. The zero-order chi connectivity index (χ0) is 22.5. The maximum absolute atomic E-state index is 12.7. The Balaban J connectivity index is 1.73. The number of carbonyl (C=O) groups is 2. The van der Waals surface area contributed by atoms with E-state index in [1.807, 2.05) is 0 Å². The second-order valence-corrected chi connectivity index (χ2v) is 8.31. The minimum atomic E-state index is -0.798. The molecule has 8 heteroatoms. The molecule has 0 aromatic heterocycles. The molecular weight excluding hydrogens is 439 g/mol. The summed E-state index contributed by atoms with van der Waals surface area (Å²) in [4.78, 5) is 27.0. The fraction of sp³-hybridized carbons (Fsp3) is 0.391. The SMILES string of the molecule is CCCCCN1C(=O)C(C)Oc2ccc(NC(=O)C(C)Oc3ccc(Cl)cc3Cl)cc21. The van der Waals surface area contributed by atoms with Crippen molar-refractivity contribution in [2.75, 3.05) is 16.8 Å². The molecule has 2 aromatic rings. The number of fused-ring (bicyclic) bond motifs is 1. The number of ether oxygens (including phenoxy) is 2. The van der Waals surface area contributed by atoms with Gasteiger partial charge in [0.15, 0.2) is 12.2 Å². The first-order chi connectivity index (χ1) is 14.8. The first kappa shape index (κ1) is 23.2. The van der Waals surface area contributed by atoms with Gasteiger partial charge in [-0.15, -0.1) is 0 Å². The second-order valence-electron chi connectivity index (χ2n) is 7.46. The van der Waals surface area contributed by atoms with E-state index in [-0.39, 0.29) is 11.8 Å². The van der Waals surface area contributed by atoms with Crippen LogP contribution in [-0.2, 0) is 9.59 Å². The maximum atomic E-state index is 12.7. The first-order valence-electron chi connectivity index (χ1n) is 10.3. The molecule has 0 saturated heterocycles. The number of halogens is 2. The van der Waals surface area contributed by atoms with Gasteiger partial charge in [-0.1, -0.05) is 43.0 Å². The van der Waals surface area contributed by atoms with Crippen LogP contribution >= 0.6 is 23.2 Å². The van der Waals surface area contributed by atoms with Crippen LogP contribution in [0.1, 0.15) is 40.0 Å². The molecule has 2 atom stereocenters. The zero-order valence-electron chi connectivity index (χ0n) is 17.8. The standard InChI is InChI=1S/C23H26Cl2N2O4/c1-4-5-6-11-27-19-13-17(8-10-21(19)31-15(3)23(27)29)26-22(28)14(2)30-20-9-7-16(24)12-18(20)25/h7-10,12-15H,4-6,11H2,1-3H3,(H,26,28). The van der Waals surface area contributed by atoms with E-state index in [0.29, 0.717) is 39.5 Å². The number of nitrogens with zero attached hydrogens (tertiary/aromatic N) is 1. The van der Waals surface area contributed by atoms with E-state index in [0.717, 1.165) is 19.3 Å². The fourth-order valence-electron chi connectivity index (χ4n) is 3.29. The van der Waals surface area contributed by atoms with E-state index < -0.39 is 12.2 Å². The topological polar surface area (TPSA) is 67.9 Å². The highest BCUT2D eigenvalue weighted by Crippen LogP contribution is 2.36. The lowest BCUT2D eigenvalue weighted by molar-refractivity contribution is -0.125. The van der Waals surface area contributed by atoms with Crippen LogP contribution in [0.2, 0.25) is 10.0 Å². The third-order valence-electron chi connectivity index (χ3n) is 4.99. The third kappa shape index (κ3) is 5.63. The van der Waals surface area contributed by atoms with Gasteiger partial charge in [-0.05, 0) is 56.7 Å². The molecule has 0 fully saturated rings. The van der Waals surface area contributed by atoms with Crippen molar-refractivity contribution in [3.63, 3.8) is 0 Å². The molecule has 0 saturated carbocycles. The number of carbonyl (C=O) groups excluding carboxylic acids is 2. The van der Waals surface area contributed by atoms with Crippen LogP contribution in [0.4, 0.5) is 11.4 Å². The summed E-state index contributed by atoms with van der Waals surface area (Å²) in [6, 6.07) is 10.1. The van der Waals surface area contributed by atoms with Gasteiger partial charge in [0, 0.05) is 17.3 Å². The van der Waals surface area contributed by atoms with Gasteiger partial charge in [0.25, 0.3) is 11.8 Å². The Bertz CT molecular complexity index is 967. The molecule has 0 radical (unpaired) electrons. The average Bonchev–Trinajstić information content (AvgIpc) is 2.73. The number of rotatable bonds is 8. The van der Waals surface area contributed by atoms with Crippen molar-refractivity contribution in [2.24, 2.45) is 0 Å². The summed E-state index contributed by atoms with van der Waals surface area (Å²) >= 11 is 12.0. The van der Waals surface area contributed by atoms with E-state index in [1.165, 1.54) is 0 Å². The third-order valence-corrected chi connectivity index (χ3v) is 5.52. The number of hydrogen-bond acceptors (Lipinski definition) is 4. The monoisotopic (exact) mass is 464 g/mol. The quantitative estimate of drug-likeness (QED) is 0.508. The van der Waals surface area contributed by atoms with Gasteiger partial charge < -0.3 is 19.7 Å². The van der Waals surface area contributed by atoms with Crippen molar-refractivity contribution in [1.29, 1.82) is 0 Å². The molecule has 1 heterocycles. The van der Waals surface area contributed by atoms with Gasteiger partial charge in [-0.2, -0.15) is 0 Å². The molecule has 1 aliphatic heterocycles. The molecule has 0 aliphatic carbocycles. The van der Waals surface area contributed by atoms with Gasteiger partial charge >= 0.3 is 0 Å². The number of hydrogen-bond donors (Lipinski definition) is 1. The van der Waals surface area contributed by atoms with Crippen molar-refractivity contribution in [3.05, 3.63) is 46.4 Å². The van der Waals surface area contributed by atoms with Crippen LogP contribution in [0.3, 0.4) is 0 Å². The minimum absolute atomic E-state index is 0.0823. The van der Waals surface area contributed by atoms with Crippen LogP contribution in [0.25, 0.3) is 0 Å². The molecule has 1 N–H and O–H groups in total. The summed E-state index contributed by atoms with van der Waals surface area (Å²) in [5, 5.41) is 3.64. The lowest BCUT2D eigenvalue weighted by Gasteiger charge is -2.33. The highest BCUT2D eigenvalue weighted by molar-refractivity contribution is 6.35. The Morgan fingerprint density at radius 1 is 1.23 bits per heavy atom. The summed E-state index contributed by atoms with van der Waals surface area (Å²) in [5.41, 5.74) is 1.21. The first-order valence-corrected chi connectivity index (χ1v) is 11.1. The Morgan fingerprint density at radius 3 is 2.71 bits per heavy atom. The van der Waals surface area contributed by atoms with Gasteiger partial charge in [0.1, 0.15) is 11.5 Å². The van der Waals surface area contributed by atoms with Crippen LogP contribution in [0.5, 0.6) is 11.5 Å². The molecule has 2 amide bonds. The number of nitrogens with one attached hydrogen (secondary N) is 1. The predicted octanol–water partition coefficient (Wildman–Crippen LogP) is 5.70. The van der Waals surface area contributed by atoms with Gasteiger partial charge in [0.05, 0.1) is 10.7 Å². The summed E-state index contributed by atoms with van der Waals surface area (Å²) in [6.45, 7) is 6.10. The molecular formula is C23H26Cl2N2O4. The van der Waals surface area contributed by atoms with E-state index in [4.69, 9.17) is 32.7 Å². The lowest BCUT2D eigenvalue weighted by Crippen LogP contribution is -2.45. The van der Waals surface area contributed by atoms with E-state index in [2.05, 4.69) is 12.2 Å². The highest BCUT2D eigenvalue weighted by atomic mass is 35.5. The molecule has 1 aliphatic rings. The Hall–Kier alpha value is -2.44. The van der Waals surface area contributed by atoms with Crippen LogP contribution in [-0.4, -0.2) is 30.6 Å². The van der Waals surface area contributed by atoms with E-state index in [1.54, 1.807) is 55.1 Å². The van der Waals surface area contributed by atoms with Gasteiger partial charge in [0.2, 0.25) is 0 Å². The summed E-state index contributed by atoms with van der Waals surface area (Å²) in [6.07, 6.45) is 1.66. The number of benzene rings is 2. The summed E-state index contributed by atoms with van der Waals surface area (Å²) < 4.78 is 11.4. The normalized spacial score (nSPS) is 16.4. The largest absolute Gasteiger partial charge is 0.479 e. The van der Waals surface area contributed by atoms with Crippen LogP contribution in [0.15, 0.2) is 36.4 Å². The Morgan fingerprint density at radius 2 is 2.00 bits per heavy atom. The summed E-state index contributed by atoms with van der Waals surface area (Å²) in [7, 11) is 0. The summed E-state index contributed by atoms with van der Waals surface area (Å²) in [5.74, 6) is 0.564. The molecule has 3 rings (SSSR count). The van der Waals surface area contributed by atoms with Crippen molar-refractivity contribution >= 4 is 46.4 Å². The number of amides is 2. The van der Waals surface area contributed by atoms with Crippen LogP contribution < -0.4 is 19.7 Å². The smallest absolute Gasteiger partial charge is 0.267 e. The van der Waals surface area contributed by atoms with Crippen molar-refractivity contribution in [2.45, 2.75) is 52.2 Å². The number of unbranched alkanes of at least 4 members (excludes halogenated alkanes) is 2. The van der Waals surface area contributed by atoms with Crippen molar-refractivity contribution < 1.29 is 19.1 Å². The molecule has 0 spiro atoms. The zero-order valence-corrected chi connectivity index (χ0v) is 19.3. The molecule has 166 valence electrons. The van der Waals surface area contributed by atoms with Crippen LogP contribution in [0, 0.1) is 0 Å². The van der Waals surface area contributed by atoms with Gasteiger partial charge in [-0.25, -0.2) is 0 Å². The lowest BCUT2D eigenvalue weighted by atomic mass is 10.1. The Labute approximate surface area is 192 Å². The molecule has 0 bridgehead atoms. The van der Waals surface area contributed by atoms with E-state index >= 15 is 0 Å². The maximum Gasteiger partial charge on any atom is 0.267 e. The van der Waals surface area contributed by atoms with Gasteiger partial charge in [-0.3, -0.25) is 9.59 Å². The van der Waals surface area contributed by atoms with Crippen molar-refractivity contribution in [1.82, 2.24) is 0 Å². The predicted molar refractivity (Wildman–Crippen MR) is 124 cm³/mol. The van der Waals surface area contributed by atoms with E-state index in [9.17, 15) is 9.59 Å². The highest BCUT2D eigenvalue weighted by Gasteiger charge is 2.31. The molecule has 2 aromatic carbocycles. The molecule has 31 heavy (non-hydrogen) atoms. The fourth-order valence-corrected chi connectivity index (χ4v) is 3.75. The number of anilines is 2.